The van der Waals surface area contributed by atoms with Gasteiger partial charge in [0, 0.05) is 17.6 Å². The van der Waals surface area contributed by atoms with Gasteiger partial charge in [-0.1, -0.05) is 12.1 Å². The van der Waals surface area contributed by atoms with Crippen molar-refractivity contribution < 1.29 is 9.15 Å². The number of rotatable bonds is 6. The molecule has 19 heavy (non-hydrogen) atoms. The minimum Gasteiger partial charge on any atom is -0.494 e. The van der Waals surface area contributed by atoms with Crippen molar-refractivity contribution in [1.82, 2.24) is 5.32 Å². The number of hydrogen-bond donors (Lipinski definition) is 1. The lowest BCUT2D eigenvalue weighted by molar-refractivity contribution is 0.340. The van der Waals surface area contributed by atoms with Crippen LogP contribution in [-0.2, 0) is 0 Å². The van der Waals surface area contributed by atoms with Crippen LogP contribution in [0.4, 0.5) is 0 Å². The topological polar surface area (TPSA) is 34.4 Å². The van der Waals surface area contributed by atoms with E-state index in [9.17, 15) is 0 Å². The van der Waals surface area contributed by atoms with Gasteiger partial charge in [0.05, 0.1) is 19.1 Å². The van der Waals surface area contributed by atoms with Crippen LogP contribution in [0.5, 0.6) is 5.75 Å². The van der Waals surface area contributed by atoms with Crippen molar-refractivity contribution in [3.05, 3.63) is 54.0 Å². The first kappa shape index (κ1) is 13.7. The van der Waals surface area contributed by atoms with Gasteiger partial charge in [0.15, 0.2) is 0 Å². The van der Waals surface area contributed by atoms with Gasteiger partial charge < -0.3 is 14.5 Å². The highest BCUT2D eigenvalue weighted by molar-refractivity contribution is 5.29. The predicted molar refractivity (Wildman–Crippen MR) is 76.3 cm³/mol. The molecule has 3 heteroatoms. The highest BCUT2D eigenvalue weighted by Gasteiger charge is 2.11. The molecule has 1 aromatic carbocycles. The van der Waals surface area contributed by atoms with Crippen LogP contribution >= 0.6 is 0 Å². The molecular formula is C16H21NO2. The number of ether oxygens (including phenoxy) is 1. The summed E-state index contributed by atoms with van der Waals surface area (Å²) in [5.74, 6) is 0.918. The van der Waals surface area contributed by atoms with E-state index in [2.05, 4.69) is 31.3 Å². The molecule has 0 radical (unpaired) electrons. The summed E-state index contributed by atoms with van der Waals surface area (Å²) in [5.41, 5.74) is 2.41. The average molecular weight is 259 g/mol. The van der Waals surface area contributed by atoms with E-state index in [1.165, 1.54) is 5.56 Å². The lowest BCUT2D eigenvalue weighted by Crippen LogP contribution is -2.22. The number of nitrogens with one attached hydrogen (secondary N) is 1. The summed E-state index contributed by atoms with van der Waals surface area (Å²) >= 11 is 0. The van der Waals surface area contributed by atoms with Crippen LogP contribution in [0.25, 0.3) is 0 Å². The number of benzene rings is 1. The van der Waals surface area contributed by atoms with Crippen LogP contribution in [0.3, 0.4) is 0 Å². The minimum absolute atomic E-state index is 0.264. The molecule has 0 fully saturated rings. The zero-order valence-corrected chi connectivity index (χ0v) is 11.7. The molecule has 0 saturated heterocycles. The van der Waals surface area contributed by atoms with E-state index in [4.69, 9.17) is 9.15 Å². The highest BCUT2D eigenvalue weighted by Crippen LogP contribution is 2.21. The highest BCUT2D eigenvalue weighted by atomic mass is 16.5. The maximum atomic E-state index is 5.45. The zero-order valence-electron chi connectivity index (χ0n) is 11.7. The first-order chi connectivity index (χ1) is 9.20. The van der Waals surface area contributed by atoms with Crippen LogP contribution in [-0.4, -0.2) is 6.61 Å². The number of furan rings is 1. The lowest BCUT2D eigenvalue weighted by Gasteiger charge is -2.19. The maximum Gasteiger partial charge on any atom is 0.119 e. The van der Waals surface area contributed by atoms with Crippen molar-refractivity contribution in [2.24, 2.45) is 0 Å². The molecule has 1 heterocycles. The molecule has 0 aliphatic carbocycles. The van der Waals surface area contributed by atoms with Crippen molar-refractivity contribution in [2.75, 3.05) is 6.61 Å². The predicted octanol–water partition coefficient (Wildman–Crippen LogP) is 4.09. The largest absolute Gasteiger partial charge is 0.494 e. The molecule has 0 spiro atoms. The van der Waals surface area contributed by atoms with Gasteiger partial charge >= 0.3 is 0 Å². The van der Waals surface area contributed by atoms with Crippen molar-refractivity contribution in [2.45, 2.75) is 32.9 Å². The van der Waals surface area contributed by atoms with Crippen LogP contribution in [0, 0.1) is 0 Å². The Hall–Kier alpha value is -1.74. The Balaban J connectivity index is 1.97. The van der Waals surface area contributed by atoms with Gasteiger partial charge in [-0.15, -0.1) is 0 Å². The van der Waals surface area contributed by atoms with Gasteiger partial charge in [0.25, 0.3) is 0 Å². The monoisotopic (exact) mass is 259 g/mol. The second kappa shape index (κ2) is 6.43. The standard InChI is InChI=1S/C16H21NO2/c1-4-19-16-7-5-14(6-8-16)12(2)17-13(3)15-9-10-18-11-15/h5-13,17H,4H2,1-3H3. The second-order valence-electron chi connectivity index (χ2n) is 4.67. The minimum atomic E-state index is 0.264. The van der Waals surface area contributed by atoms with E-state index in [0.717, 1.165) is 11.3 Å². The Labute approximate surface area is 114 Å². The van der Waals surface area contributed by atoms with Crippen LogP contribution in [0.2, 0.25) is 0 Å². The lowest BCUT2D eigenvalue weighted by atomic mass is 10.1. The molecule has 0 bridgehead atoms. The molecule has 2 unspecified atom stereocenters. The molecule has 1 aromatic heterocycles. The number of hydrogen-bond acceptors (Lipinski definition) is 3. The fraction of sp³-hybridized carbons (Fsp3) is 0.375. The summed E-state index contributed by atoms with van der Waals surface area (Å²) in [4.78, 5) is 0. The fourth-order valence-electron chi connectivity index (χ4n) is 2.11. The van der Waals surface area contributed by atoms with Crippen molar-refractivity contribution in [1.29, 1.82) is 0 Å². The molecule has 0 aliphatic heterocycles. The molecule has 3 nitrogen and oxygen atoms in total. The summed E-state index contributed by atoms with van der Waals surface area (Å²) < 4.78 is 10.6. The third-order valence-electron chi connectivity index (χ3n) is 3.23. The molecule has 2 atom stereocenters. The van der Waals surface area contributed by atoms with Crippen LogP contribution < -0.4 is 10.1 Å². The van der Waals surface area contributed by atoms with Crippen molar-refractivity contribution in [3.63, 3.8) is 0 Å². The zero-order chi connectivity index (χ0) is 13.7. The van der Waals surface area contributed by atoms with Crippen molar-refractivity contribution in [3.8, 4) is 5.75 Å². The third-order valence-corrected chi connectivity index (χ3v) is 3.23. The van der Waals surface area contributed by atoms with E-state index in [-0.39, 0.29) is 12.1 Å². The van der Waals surface area contributed by atoms with Crippen LogP contribution in [0.15, 0.2) is 47.3 Å². The van der Waals surface area contributed by atoms with E-state index in [1.807, 2.05) is 25.1 Å². The Bertz CT molecular complexity index is 476. The Kier molecular flexibility index (Phi) is 4.63. The summed E-state index contributed by atoms with van der Waals surface area (Å²) in [6.45, 7) is 6.98. The normalized spacial score (nSPS) is 14.1. The molecule has 102 valence electrons. The average Bonchev–Trinajstić information content (AvgIpc) is 2.94. The smallest absolute Gasteiger partial charge is 0.119 e. The Morgan fingerprint density at radius 3 is 2.32 bits per heavy atom. The molecule has 0 saturated carbocycles. The third kappa shape index (κ3) is 3.61. The Morgan fingerprint density at radius 1 is 1.05 bits per heavy atom. The molecular weight excluding hydrogens is 238 g/mol. The molecule has 2 aromatic rings. The molecule has 2 rings (SSSR count). The summed E-state index contributed by atoms with van der Waals surface area (Å²) in [7, 11) is 0. The molecule has 0 amide bonds. The van der Waals surface area contributed by atoms with E-state index < -0.39 is 0 Å². The van der Waals surface area contributed by atoms with E-state index in [1.54, 1.807) is 12.5 Å². The van der Waals surface area contributed by atoms with Gasteiger partial charge in [0.2, 0.25) is 0 Å². The van der Waals surface area contributed by atoms with E-state index in [0.29, 0.717) is 6.61 Å². The van der Waals surface area contributed by atoms with Gasteiger partial charge in [-0.3, -0.25) is 0 Å². The van der Waals surface area contributed by atoms with Gasteiger partial charge in [-0.05, 0) is 44.5 Å². The first-order valence-corrected chi connectivity index (χ1v) is 6.71. The van der Waals surface area contributed by atoms with Crippen molar-refractivity contribution >= 4 is 0 Å². The second-order valence-corrected chi connectivity index (χ2v) is 4.67. The quantitative estimate of drug-likeness (QED) is 0.848. The Morgan fingerprint density at radius 2 is 1.74 bits per heavy atom. The molecule has 1 N–H and O–H groups in total. The van der Waals surface area contributed by atoms with Gasteiger partial charge in [0.1, 0.15) is 5.75 Å². The van der Waals surface area contributed by atoms with E-state index >= 15 is 0 Å². The van der Waals surface area contributed by atoms with Gasteiger partial charge in [-0.2, -0.15) is 0 Å². The fourth-order valence-corrected chi connectivity index (χ4v) is 2.11. The maximum absolute atomic E-state index is 5.45. The first-order valence-electron chi connectivity index (χ1n) is 6.71. The molecule has 0 aliphatic rings. The summed E-state index contributed by atoms with van der Waals surface area (Å²) in [5, 5.41) is 3.55. The SMILES string of the molecule is CCOc1ccc(C(C)NC(C)c2ccoc2)cc1. The van der Waals surface area contributed by atoms with Crippen LogP contribution in [0.1, 0.15) is 44.0 Å². The summed E-state index contributed by atoms with van der Waals surface area (Å²) in [6, 6.07) is 10.8. The van der Waals surface area contributed by atoms with Gasteiger partial charge in [-0.25, -0.2) is 0 Å². The summed E-state index contributed by atoms with van der Waals surface area (Å²) in [6.07, 6.45) is 3.48.